The zero-order chi connectivity index (χ0) is 17.0. The van der Waals surface area contributed by atoms with Gasteiger partial charge < -0.3 is 10.1 Å². The molecule has 0 aliphatic carbocycles. The number of carbonyl (C=O) groups is 1. The number of hydrogen-bond donors (Lipinski definition) is 1. The van der Waals surface area contributed by atoms with Gasteiger partial charge in [0.05, 0.1) is 17.7 Å². The Morgan fingerprint density at radius 2 is 2.09 bits per heavy atom. The van der Waals surface area contributed by atoms with E-state index in [-0.39, 0.29) is 17.3 Å². The zero-order valence-electron chi connectivity index (χ0n) is 13.1. The van der Waals surface area contributed by atoms with Gasteiger partial charge in [0.1, 0.15) is 5.75 Å². The number of anilines is 1. The molecule has 0 aliphatic rings. The summed E-state index contributed by atoms with van der Waals surface area (Å²) in [7, 11) is -0.688. The largest absolute Gasteiger partial charge is 0.495 e. The van der Waals surface area contributed by atoms with Crippen molar-refractivity contribution in [1.82, 2.24) is 4.31 Å². The average molecular weight is 354 g/mol. The van der Waals surface area contributed by atoms with Crippen LogP contribution in [0.15, 0.2) is 39.9 Å². The minimum atomic E-state index is -3.67. The third kappa shape index (κ3) is 4.10. The lowest BCUT2D eigenvalue weighted by atomic mass is 10.3. The number of ether oxygens (including phenoxy) is 1. The van der Waals surface area contributed by atoms with Crippen LogP contribution in [0.3, 0.4) is 0 Å². The highest BCUT2D eigenvalue weighted by Gasteiger charge is 2.22. The Hall–Kier alpha value is -1.90. The van der Waals surface area contributed by atoms with Crippen molar-refractivity contribution in [3.63, 3.8) is 0 Å². The number of rotatable bonds is 6. The molecule has 2 aromatic rings. The molecule has 6 nitrogen and oxygen atoms in total. The SMILES string of the molecule is COc1ccc(S(=O)(=O)N(C)Cc2ccsc2)cc1NC(C)=O. The Kier molecular flexibility index (Phi) is 5.40. The average Bonchev–Trinajstić information content (AvgIpc) is 2.99. The normalized spacial score (nSPS) is 11.5. The fraction of sp³-hybridized carbons (Fsp3) is 0.267. The lowest BCUT2D eigenvalue weighted by Crippen LogP contribution is -2.26. The summed E-state index contributed by atoms with van der Waals surface area (Å²) < 4.78 is 31.8. The summed E-state index contributed by atoms with van der Waals surface area (Å²) in [6.07, 6.45) is 0. The van der Waals surface area contributed by atoms with Crippen LogP contribution in [-0.4, -0.2) is 32.8 Å². The third-order valence-electron chi connectivity index (χ3n) is 3.18. The van der Waals surface area contributed by atoms with Gasteiger partial charge in [-0.1, -0.05) is 0 Å². The quantitative estimate of drug-likeness (QED) is 0.865. The number of thiophene rings is 1. The second kappa shape index (κ2) is 7.12. The van der Waals surface area contributed by atoms with Crippen molar-refractivity contribution in [2.45, 2.75) is 18.4 Å². The molecule has 0 fully saturated rings. The van der Waals surface area contributed by atoms with Crippen molar-refractivity contribution >= 4 is 33.0 Å². The number of hydrogen-bond acceptors (Lipinski definition) is 5. The summed E-state index contributed by atoms with van der Waals surface area (Å²) in [6, 6.07) is 6.27. The van der Waals surface area contributed by atoms with Crippen molar-refractivity contribution < 1.29 is 17.9 Å². The monoisotopic (exact) mass is 354 g/mol. The van der Waals surface area contributed by atoms with Crippen LogP contribution in [0, 0.1) is 0 Å². The number of benzene rings is 1. The molecule has 0 atom stereocenters. The van der Waals surface area contributed by atoms with Crippen molar-refractivity contribution in [3.8, 4) is 5.75 Å². The fourth-order valence-electron chi connectivity index (χ4n) is 2.04. The van der Waals surface area contributed by atoms with Crippen LogP contribution >= 0.6 is 11.3 Å². The molecule has 1 aromatic carbocycles. The maximum Gasteiger partial charge on any atom is 0.243 e. The second-order valence-corrected chi connectivity index (χ2v) is 7.76. The Balaban J connectivity index is 2.33. The van der Waals surface area contributed by atoms with Crippen molar-refractivity contribution in [2.75, 3.05) is 19.5 Å². The third-order valence-corrected chi connectivity index (χ3v) is 5.71. The van der Waals surface area contributed by atoms with Crippen molar-refractivity contribution in [2.24, 2.45) is 0 Å². The number of carbonyl (C=O) groups excluding carboxylic acids is 1. The molecule has 0 bridgehead atoms. The first kappa shape index (κ1) is 17.5. The van der Waals surface area contributed by atoms with E-state index in [4.69, 9.17) is 4.74 Å². The summed E-state index contributed by atoms with van der Waals surface area (Å²) in [5, 5.41) is 6.38. The first-order valence-electron chi connectivity index (χ1n) is 6.77. The van der Waals surface area contributed by atoms with E-state index < -0.39 is 10.0 Å². The fourth-order valence-corrected chi connectivity index (χ4v) is 3.89. The predicted molar refractivity (Wildman–Crippen MR) is 90.3 cm³/mol. The van der Waals surface area contributed by atoms with E-state index in [1.165, 1.54) is 54.9 Å². The molecule has 8 heteroatoms. The van der Waals surface area contributed by atoms with Crippen LogP contribution in [0.4, 0.5) is 5.69 Å². The molecule has 0 aliphatic heterocycles. The Morgan fingerprint density at radius 3 is 2.65 bits per heavy atom. The van der Waals surface area contributed by atoms with Gasteiger partial charge in [0.25, 0.3) is 0 Å². The van der Waals surface area contributed by atoms with Gasteiger partial charge in [-0.2, -0.15) is 15.6 Å². The van der Waals surface area contributed by atoms with E-state index >= 15 is 0 Å². The smallest absolute Gasteiger partial charge is 0.243 e. The second-order valence-electron chi connectivity index (χ2n) is 4.94. The van der Waals surface area contributed by atoms with Crippen molar-refractivity contribution in [1.29, 1.82) is 0 Å². The van der Waals surface area contributed by atoms with E-state index in [0.29, 0.717) is 11.4 Å². The highest BCUT2D eigenvalue weighted by atomic mass is 32.2. The Morgan fingerprint density at radius 1 is 1.35 bits per heavy atom. The number of nitrogens with zero attached hydrogens (tertiary/aromatic N) is 1. The van der Waals surface area contributed by atoms with Crippen molar-refractivity contribution in [3.05, 3.63) is 40.6 Å². The maximum atomic E-state index is 12.7. The summed E-state index contributed by atoms with van der Waals surface area (Å²) in [5.41, 5.74) is 1.25. The lowest BCUT2D eigenvalue weighted by Gasteiger charge is -2.18. The molecular weight excluding hydrogens is 336 g/mol. The molecule has 23 heavy (non-hydrogen) atoms. The number of sulfonamides is 1. The molecule has 0 saturated carbocycles. The standard InChI is InChI=1S/C15H18N2O4S2/c1-11(18)16-14-8-13(4-5-15(14)21-3)23(19,20)17(2)9-12-6-7-22-10-12/h4-8,10H,9H2,1-3H3,(H,16,18). The minimum absolute atomic E-state index is 0.0970. The summed E-state index contributed by atoms with van der Waals surface area (Å²) in [5.74, 6) is 0.101. The zero-order valence-corrected chi connectivity index (χ0v) is 14.7. The molecule has 0 radical (unpaired) electrons. The minimum Gasteiger partial charge on any atom is -0.495 e. The number of nitrogens with one attached hydrogen (secondary N) is 1. The predicted octanol–water partition coefficient (Wildman–Crippen LogP) is 2.54. The van der Waals surface area contributed by atoms with Crippen LogP contribution < -0.4 is 10.1 Å². The summed E-state index contributed by atoms with van der Waals surface area (Å²) in [6.45, 7) is 1.64. The molecule has 0 unspecified atom stereocenters. The Labute approximate surface area is 139 Å². The van der Waals surface area contributed by atoms with E-state index in [1.807, 2.05) is 16.8 Å². The van der Waals surface area contributed by atoms with Gasteiger partial charge >= 0.3 is 0 Å². The molecule has 124 valence electrons. The lowest BCUT2D eigenvalue weighted by molar-refractivity contribution is -0.114. The van der Waals surface area contributed by atoms with Crippen LogP contribution in [0.5, 0.6) is 5.75 Å². The molecule has 0 spiro atoms. The number of amides is 1. The van der Waals surface area contributed by atoms with E-state index in [2.05, 4.69) is 5.32 Å². The summed E-state index contributed by atoms with van der Waals surface area (Å²) in [4.78, 5) is 11.4. The van der Waals surface area contributed by atoms with E-state index in [9.17, 15) is 13.2 Å². The van der Waals surface area contributed by atoms with Crippen LogP contribution in [0.1, 0.15) is 12.5 Å². The van der Waals surface area contributed by atoms with Gasteiger partial charge in [-0.25, -0.2) is 8.42 Å². The first-order chi connectivity index (χ1) is 10.8. The highest BCUT2D eigenvalue weighted by molar-refractivity contribution is 7.89. The summed E-state index contributed by atoms with van der Waals surface area (Å²) >= 11 is 1.52. The maximum absolute atomic E-state index is 12.7. The van der Waals surface area contributed by atoms with Gasteiger partial charge in [-0.05, 0) is 40.6 Å². The first-order valence-corrected chi connectivity index (χ1v) is 9.16. The van der Waals surface area contributed by atoms with Gasteiger partial charge in [-0.15, -0.1) is 0 Å². The molecule has 1 N–H and O–H groups in total. The van der Waals surface area contributed by atoms with E-state index in [0.717, 1.165) is 5.56 Å². The van der Waals surface area contributed by atoms with Gasteiger partial charge in [0, 0.05) is 20.5 Å². The molecule has 1 heterocycles. The molecule has 1 amide bonds. The molecular formula is C15H18N2O4S2. The molecule has 2 rings (SSSR count). The van der Waals surface area contributed by atoms with Gasteiger partial charge in [0.15, 0.2) is 0 Å². The van der Waals surface area contributed by atoms with Gasteiger partial charge in [0.2, 0.25) is 15.9 Å². The van der Waals surface area contributed by atoms with Crippen LogP contribution in [0.2, 0.25) is 0 Å². The van der Waals surface area contributed by atoms with Gasteiger partial charge in [-0.3, -0.25) is 4.79 Å². The molecule has 0 saturated heterocycles. The number of methoxy groups -OCH3 is 1. The highest BCUT2D eigenvalue weighted by Crippen LogP contribution is 2.29. The topological polar surface area (TPSA) is 75.7 Å². The van der Waals surface area contributed by atoms with E-state index in [1.54, 1.807) is 0 Å². The Bertz CT molecular complexity index is 786. The van der Waals surface area contributed by atoms with Crippen LogP contribution in [-0.2, 0) is 21.4 Å². The molecule has 1 aromatic heterocycles. The van der Waals surface area contributed by atoms with Crippen LogP contribution in [0.25, 0.3) is 0 Å².